The van der Waals surface area contributed by atoms with E-state index >= 15 is 0 Å². The van der Waals surface area contributed by atoms with Gasteiger partial charge in [-0.05, 0) is 113 Å². The molecular formula is C44H43NO6. The van der Waals surface area contributed by atoms with E-state index in [0.717, 1.165) is 59.4 Å². The highest BCUT2D eigenvalue weighted by Gasteiger charge is 2.18. The van der Waals surface area contributed by atoms with Crippen molar-refractivity contribution in [2.75, 3.05) is 18.1 Å². The summed E-state index contributed by atoms with van der Waals surface area (Å²) in [5.41, 5.74) is 12.1. The number of carbonyl (C=O) groups is 2. The molecule has 0 aliphatic heterocycles. The van der Waals surface area contributed by atoms with Crippen LogP contribution in [0.2, 0.25) is 0 Å². The standard InChI is InChI=1S/C44H43NO6/c1-3-27-48-43(46)50-30-33-15-23-38(24-16-33)45(39-25-17-34(18-26-39)31-51-44(47)49-28-4-2)37-21-13-32(14-22-37)29-42-40-11-7-5-9-35(40)19-20-36-10-6-8-12-41(36)42/h5-18,21-26,29H,3-4,19-20,27-28,30-31H2,1-2H3. The summed E-state index contributed by atoms with van der Waals surface area (Å²) >= 11 is 0. The van der Waals surface area contributed by atoms with E-state index in [0.29, 0.717) is 13.2 Å². The molecule has 6 rings (SSSR count). The molecule has 7 nitrogen and oxygen atoms in total. The summed E-state index contributed by atoms with van der Waals surface area (Å²) in [5, 5.41) is 0. The smallest absolute Gasteiger partial charge is 0.434 e. The first-order valence-corrected chi connectivity index (χ1v) is 17.6. The van der Waals surface area contributed by atoms with Crippen LogP contribution in [0.1, 0.15) is 65.6 Å². The molecular weight excluding hydrogens is 638 g/mol. The van der Waals surface area contributed by atoms with Crippen LogP contribution in [0, 0.1) is 0 Å². The quantitative estimate of drug-likeness (QED) is 0.121. The molecule has 0 unspecified atom stereocenters. The fourth-order valence-electron chi connectivity index (χ4n) is 6.13. The Labute approximate surface area is 300 Å². The van der Waals surface area contributed by atoms with E-state index in [-0.39, 0.29) is 13.2 Å². The number of ether oxygens (including phenoxy) is 4. The minimum absolute atomic E-state index is 0.119. The van der Waals surface area contributed by atoms with E-state index in [1.54, 1.807) is 0 Å². The van der Waals surface area contributed by atoms with Gasteiger partial charge in [-0.2, -0.15) is 0 Å². The van der Waals surface area contributed by atoms with Crippen molar-refractivity contribution in [3.05, 3.63) is 160 Å². The summed E-state index contributed by atoms with van der Waals surface area (Å²) in [6, 6.07) is 41.8. The maximum Gasteiger partial charge on any atom is 0.508 e. The molecule has 1 aliphatic rings. The highest BCUT2D eigenvalue weighted by Crippen LogP contribution is 2.37. The van der Waals surface area contributed by atoms with Crippen molar-refractivity contribution in [3.8, 4) is 0 Å². The lowest BCUT2D eigenvalue weighted by Crippen LogP contribution is -2.11. The fraction of sp³-hybridized carbons (Fsp3) is 0.227. The lowest BCUT2D eigenvalue weighted by molar-refractivity contribution is 0.0491. The van der Waals surface area contributed by atoms with Crippen LogP contribution in [0.15, 0.2) is 121 Å². The zero-order chi connectivity index (χ0) is 35.4. The molecule has 0 N–H and O–H groups in total. The van der Waals surface area contributed by atoms with Crippen LogP contribution in [0.25, 0.3) is 11.6 Å². The molecule has 7 heteroatoms. The summed E-state index contributed by atoms with van der Waals surface area (Å²) in [4.78, 5) is 25.9. The van der Waals surface area contributed by atoms with E-state index in [9.17, 15) is 9.59 Å². The van der Waals surface area contributed by atoms with Gasteiger partial charge in [-0.25, -0.2) is 9.59 Å². The number of nitrogens with zero attached hydrogens (tertiary/aromatic N) is 1. The molecule has 1 aliphatic carbocycles. The first kappa shape index (κ1) is 35.0. The SMILES string of the molecule is CCCOC(=O)OCc1ccc(N(c2ccc(C=C3c4ccccc4CCc4ccccc43)cc2)c2ccc(COC(=O)OCCC)cc2)cc1. The largest absolute Gasteiger partial charge is 0.508 e. The maximum absolute atomic E-state index is 11.9. The molecule has 5 aromatic carbocycles. The molecule has 0 saturated heterocycles. The lowest BCUT2D eigenvalue weighted by atomic mass is 9.92. The van der Waals surface area contributed by atoms with Gasteiger partial charge in [0.05, 0.1) is 13.2 Å². The topological polar surface area (TPSA) is 74.3 Å². The second-order valence-electron chi connectivity index (χ2n) is 12.4. The molecule has 260 valence electrons. The molecule has 5 aromatic rings. The van der Waals surface area contributed by atoms with Crippen LogP contribution in [-0.4, -0.2) is 25.5 Å². The van der Waals surface area contributed by atoms with Crippen LogP contribution in [0.4, 0.5) is 26.7 Å². The number of fused-ring (bicyclic) bond motifs is 2. The third-order valence-corrected chi connectivity index (χ3v) is 8.69. The van der Waals surface area contributed by atoms with E-state index in [4.69, 9.17) is 18.9 Å². The average Bonchev–Trinajstić information content (AvgIpc) is 3.33. The van der Waals surface area contributed by atoms with E-state index in [2.05, 4.69) is 83.8 Å². The second-order valence-corrected chi connectivity index (χ2v) is 12.4. The Balaban J connectivity index is 1.29. The Morgan fingerprint density at radius 3 is 1.39 bits per heavy atom. The van der Waals surface area contributed by atoms with Gasteiger partial charge in [-0.1, -0.05) is 98.8 Å². The summed E-state index contributed by atoms with van der Waals surface area (Å²) < 4.78 is 20.6. The second kappa shape index (κ2) is 17.2. The van der Waals surface area contributed by atoms with Gasteiger partial charge >= 0.3 is 12.3 Å². The van der Waals surface area contributed by atoms with Crippen molar-refractivity contribution < 1.29 is 28.5 Å². The third-order valence-electron chi connectivity index (χ3n) is 8.69. The molecule has 0 saturated carbocycles. The van der Waals surface area contributed by atoms with Crippen molar-refractivity contribution in [3.63, 3.8) is 0 Å². The Morgan fingerprint density at radius 2 is 0.961 bits per heavy atom. The Morgan fingerprint density at radius 1 is 0.549 bits per heavy atom. The first-order valence-electron chi connectivity index (χ1n) is 17.6. The normalized spacial score (nSPS) is 11.8. The molecule has 0 spiro atoms. The predicted octanol–water partition coefficient (Wildman–Crippen LogP) is 11.0. The number of aryl methyl sites for hydroxylation is 2. The van der Waals surface area contributed by atoms with Gasteiger partial charge in [0.25, 0.3) is 0 Å². The maximum atomic E-state index is 11.9. The zero-order valence-corrected chi connectivity index (χ0v) is 29.2. The van der Waals surface area contributed by atoms with Crippen LogP contribution >= 0.6 is 0 Å². The monoisotopic (exact) mass is 681 g/mol. The Bertz CT molecular complexity index is 1830. The highest BCUT2D eigenvalue weighted by atomic mass is 16.7. The number of hydrogen-bond donors (Lipinski definition) is 0. The lowest BCUT2D eigenvalue weighted by Gasteiger charge is -2.26. The predicted molar refractivity (Wildman–Crippen MR) is 201 cm³/mol. The summed E-state index contributed by atoms with van der Waals surface area (Å²) in [7, 11) is 0. The summed E-state index contributed by atoms with van der Waals surface area (Å²) in [5.74, 6) is 0. The Kier molecular flexibility index (Phi) is 11.8. The molecule has 51 heavy (non-hydrogen) atoms. The van der Waals surface area contributed by atoms with E-state index in [1.165, 1.54) is 27.8 Å². The number of hydrogen-bond acceptors (Lipinski definition) is 7. The number of rotatable bonds is 12. The molecule has 0 radical (unpaired) electrons. The minimum Gasteiger partial charge on any atom is -0.434 e. The number of benzene rings is 5. The molecule has 0 amide bonds. The van der Waals surface area contributed by atoms with Crippen LogP contribution in [0.3, 0.4) is 0 Å². The first-order chi connectivity index (χ1) is 25.0. The van der Waals surface area contributed by atoms with Gasteiger partial charge < -0.3 is 23.8 Å². The van der Waals surface area contributed by atoms with Gasteiger partial charge in [0.1, 0.15) is 13.2 Å². The molecule has 0 fully saturated rings. The summed E-state index contributed by atoms with van der Waals surface area (Å²) in [6.07, 6.45) is 4.45. The van der Waals surface area contributed by atoms with Crippen LogP contribution < -0.4 is 4.90 Å². The highest BCUT2D eigenvalue weighted by molar-refractivity contribution is 5.94. The molecule has 0 atom stereocenters. The van der Waals surface area contributed by atoms with Gasteiger partial charge in [0, 0.05) is 17.1 Å². The van der Waals surface area contributed by atoms with Crippen molar-refractivity contribution in [2.24, 2.45) is 0 Å². The summed E-state index contributed by atoms with van der Waals surface area (Å²) in [6.45, 7) is 4.77. The number of carbonyl (C=O) groups excluding carboxylic acids is 2. The van der Waals surface area contributed by atoms with E-state index < -0.39 is 12.3 Å². The fourth-order valence-corrected chi connectivity index (χ4v) is 6.13. The van der Waals surface area contributed by atoms with Crippen molar-refractivity contribution in [1.29, 1.82) is 0 Å². The van der Waals surface area contributed by atoms with Crippen molar-refractivity contribution in [2.45, 2.75) is 52.7 Å². The van der Waals surface area contributed by atoms with Gasteiger partial charge in [-0.3, -0.25) is 0 Å². The van der Waals surface area contributed by atoms with Gasteiger partial charge in [-0.15, -0.1) is 0 Å². The van der Waals surface area contributed by atoms with Crippen LogP contribution in [-0.2, 0) is 45.0 Å². The minimum atomic E-state index is -0.670. The Hall–Kier alpha value is -5.82. The van der Waals surface area contributed by atoms with Gasteiger partial charge in [0.2, 0.25) is 0 Å². The van der Waals surface area contributed by atoms with Gasteiger partial charge in [0.15, 0.2) is 0 Å². The molecule has 0 heterocycles. The average molecular weight is 682 g/mol. The zero-order valence-electron chi connectivity index (χ0n) is 29.2. The molecule has 0 bridgehead atoms. The number of anilines is 3. The van der Waals surface area contributed by atoms with Crippen molar-refractivity contribution >= 4 is 41.0 Å². The molecule has 0 aromatic heterocycles. The van der Waals surface area contributed by atoms with Crippen molar-refractivity contribution in [1.82, 2.24) is 0 Å². The third kappa shape index (κ3) is 9.05. The van der Waals surface area contributed by atoms with E-state index in [1.807, 2.05) is 62.4 Å². The van der Waals surface area contributed by atoms with Crippen LogP contribution in [0.5, 0.6) is 0 Å².